The van der Waals surface area contributed by atoms with E-state index in [1.54, 1.807) is 6.92 Å². The highest BCUT2D eigenvalue weighted by atomic mass is 35.5. The Kier molecular flexibility index (Phi) is 18.0. The quantitative estimate of drug-likeness (QED) is 0.260. The van der Waals surface area contributed by atoms with Crippen LogP contribution in [0.4, 0.5) is 0 Å². The molecule has 124 valence electrons. The van der Waals surface area contributed by atoms with Crippen molar-refractivity contribution in [1.82, 2.24) is 0 Å². The van der Waals surface area contributed by atoms with Crippen molar-refractivity contribution < 1.29 is 25.5 Å². The third-order valence-electron chi connectivity index (χ3n) is 2.70. The number of rotatable bonds is 6. The molecule has 1 saturated heterocycles. The first-order valence-corrected chi connectivity index (χ1v) is 8.70. The van der Waals surface area contributed by atoms with Crippen LogP contribution in [-0.4, -0.2) is 74.4 Å². The molecule has 7 heteroatoms. The molecular weight excluding hydrogens is 304 g/mol. The fourth-order valence-electron chi connectivity index (χ4n) is 1.61. The number of aliphatic hydroxyl groups excluding tert-OH is 5. The number of halogens is 1. The molecule has 0 aromatic rings. The van der Waals surface area contributed by atoms with Gasteiger partial charge < -0.3 is 25.5 Å². The molecule has 4 unspecified atom stereocenters. The van der Waals surface area contributed by atoms with Crippen molar-refractivity contribution in [3.05, 3.63) is 0 Å². The summed E-state index contributed by atoms with van der Waals surface area (Å²) in [6, 6.07) is 0. The van der Waals surface area contributed by atoms with Gasteiger partial charge in [-0.2, -0.15) is 0 Å². The van der Waals surface area contributed by atoms with Crippen LogP contribution in [0.2, 0.25) is 0 Å². The van der Waals surface area contributed by atoms with Crippen LogP contribution in [0, 0.1) is 0 Å². The average molecular weight is 334 g/mol. The van der Waals surface area contributed by atoms with E-state index >= 15 is 0 Å². The molecular formula is C13H30ClO5S+. The summed E-state index contributed by atoms with van der Waals surface area (Å²) in [4.78, 5) is 0. The normalized spacial score (nSPS) is 24.0. The zero-order valence-corrected chi connectivity index (χ0v) is 14.0. The Hall–Kier alpha value is 0.440. The summed E-state index contributed by atoms with van der Waals surface area (Å²) < 4.78 is 0. The van der Waals surface area contributed by atoms with E-state index in [2.05, 4.69) is 11.6 Å². The minimum Gasteiger partial charge on any atom is -0.394 e. The first kappa shape index (κ1) is 22.7. The molecule has 0 spiro atoms. The fraction of sp³-hybridized carbons (Fsp3) is 1.00. The number of thiol groups is 1. The molecule has 0 aromatic carbocycles. The lowest BCUT2D eigenvalue weighted by Crippen LogP contribution is -2.12. The second kappa shape index (κ2) is 15.8. The molecule has 5 nitrogen and oxygen atoms in total. The van der Waals surface area contributed by atoms with Crippen LogP contribution in [-0.2, 0) is 11.8 Å². The maximum absolute atomic E-state index is 8.91. The first-order valence-electron chi connectivity index (χ1n) is 6.79. The minimum atomic E-state index is -0.612. The van der Waals surface area contributed by atoms with Crippen molar-refractivity contribution in [3.8, 4) is 0 Å². The van der Waals surface area contributed by atoms with Crippen LogP contribution < -0.4 is 0 Å². The van der Waals surface area contributed by atoms with E-state index < -0.39 is 6.10 Å². The van der Waals surface area contributed by atoms with Gasteiger partial charge >= 0.3 is 0 Å². The zero-order chi connectivity index (χ0) is 16.0. The highest BCUT2D eigenvalue weighted by Crippen LogP contribution is 2.12. The number of aliphatic hydroxyl groups is 5. The third kappa shape index (κ3) is 14.8. The van der Waals surface area contributed by atoms with Crippen LogP contribution >= 0.6 is 11.6 Å². The monoisotopic (exact) mass is 333 g/mol. The van der Waals surface area contributed by atoms with Crippen molar-refractivity contribution in [2.75, 3.05) is 25.3 Å². The summed E-state index contributed by atoms with van der Waals surface area (Å²) in [5.41, 5.74) is 0. The van der Waals surface area contributed by atoms with Gasteiger partial charge in [0.2, 0.25) is 0 Å². The van der Waals surface area contributed by atoms with Gasteiger partial charge in [-0.3, -0.25) is 0 Å². The molecule has 1 aliphatic heterocycles. The predicted octanol–water partition coefficient (Wildman–Crippen LogP) is -0.328. The highest BCUT2D eigenvalue weighted by molar-refractivity contribution is 7.79. The standard InChI is InChI=1S/C7H16O3.C5H10O2S.CH3Cl/c1-6(9)3-2-4-7(10)5-8;6-2-5-1-4(7)3-8-5;1-2/h6-10H,2-5H2,1H3;4-7H,1-3H2;1H3/p+1. The van der Waals surface area contributed by atoms with Crippen molar-refractivity contribution in [2.45, 2.75) is 56.2 Å². The van der Waals surface area contributed by atoms with E-state index in [4.69, 9.17) is 25.5 Å². The van der Waals surface area contributed by atoms with Gasteiger partial charge in [-0.15, -0.1) is 11.6 Å². The maximum Gasteiger partial charge on any atom is 0.141 e. The van der Waals surface area contributed by atoms with E-state index in [0.29, 0.717) is 18.1 Å². The molecule has 0 aliphatic carbocycles. The Morgan fingerprint density at radius 1 is 1.20 bits per heavy atom. The second-order valence-electron chi connectivity index (χ2n) is 4.71. The number of hydrogen-bond acceptors (Lipinski definition) is 5. The SMILES string of the molecule is CC(O)CCCC(O)CO.CCl.OCC1CC(O)C[SH+]1. The van der Waals surface area contributed by atoms with Gasteiger partial charge in [0.15, 0.2) is 0 Å². The minimum absolute atomic E-state index is 0.145. The molecule has 0 radical (unpaired) electrons. The van der Waals surface area contributed by atoms with E-state index in [9.17, 15) is 0 Å². The van der Waals surface area contributed by atoms with Crippen molar-refractivity contribution in [3.63, 3.8) is 0 Å². The molecule has 1 fully saturated rings. The lowest BCUT2D eigenvalue weighted by Gasteiger charge is -2.07. The van der Waals surface area contributed by atoms with Gasteiger partial charge in [0, 0.05) is 12.8 Å². The van der Waals surface area contributed by atoms with E-state index in [-0.39, 0.29) is 25.4 Å². The summed E-state index contributed by atoms with van der Waals surface area (Å²) in [5, 5.41) is 43.9. The zero-order valence-electron chi connectivity index (χ0n) is 12.3. The average Bonchev–Trinajstić information content (AvgIpc) is 2.87. The van der Waals surface area contributed by atoms with Gasteiger partial charge in [0.1, 0.15) is 17.1 Å². The van der Waals surface area contributed by atoms with Gasteiger partial charge in [0.05, 0.1) is 25.4 Å². The molecule has 0 bridgehead atoms. The van der Waals surface area contributed by atoms with Crippen LogP contribution in [0.15, 0.2) is 0 Å². The van der Waals surface area contributed by atoms with E-state index in [1.807, 2.05) is 0 Å². The Morgan fingerprint density at radius 3 is 2.10 bits per heavy atom. The van der Waals surface area contributed by atoms with Crippen molar-refractivity contribution in [1.29, 1.82) is 0 Å². The summed E-state index contributed by atoms with van der Waals surface area (Å²) in [7, 11) is 0. The maximum atomic E-state index is 8.91. The molecule has 0 aromatic heterocycles. The second-order valence-corrected chi connectivity index (χ2v) is 6.17. The molecule has 4 atom stereocenters. The van der Waals surface area contributed by atoms with Crippen molar-refractivity contribution in [2.24, 2.45) is 0 Å². The number of hydrogen-bond donors (Lipinski definition) is 5. The topological polar surface area (TPSA) is 101 Å². The highest BCUT2D eigenvalue weighted by Gasteiger charge is 2.29. The third-order valence-corrected chi connectivity index (χ3v) is 4.22. The van der Waals surface area contributed by atoms with Gasteiger partial charge in [-0.25, -0.2) is 0 Å². The number of alkyl halides is 1. The summed E-state index contributed by atoms with van der Waals surface area (Å²) in [5.74, 6) is 0.852. The van der Waals surface area contributed by atoms with Gasteiger partial charge in [0.25, 0.3) is 0 Å². The Labute approximate surface area is 131 Å². The molecule has 1 aliphatic rings. The van der Waals surface area contributed by atoms with Gasteiger partial charge in [-0.05, 0) is 37.9 Å². The Morgan fingerprint density at radius 2 is 1.80 bits per heavy atom. The molecule has 0 amide bonds. The molecule has 0 saturated carbocycles. The van der Waals surface area contributed by atoms with Crippen LogP contribution in [0.3, 0.4) is 0 Å². The first-order chi connectivity index (χ1) is 9.49. The predicted molar refractivity (Wildman–Crippen MR) is 85.5 cm³/mol. The van der Waals surface area contributed by atoms with Crippen LogP contribution in [0.25, 0.3) is 0 Å². The molecule has 1 rings (SSSR count). The molecule has 1 heterocycles. The lowest BCUT2D eigenvalue weighted by molar-refractivity contribution is 0.0814. The summed E-state index contributed by atoms with van der Waals surface area (Å²) in [6.07, 6.45) is 3.23. The lowest BCUT2D eigenvalue weighted by atomic mass is 10.1. The van der Waals surface area contributed by atoms with E-state index in [1.165, 1.54) is 18.1 Å². The Balaban J connectivity index is 0. The fourth-order valence-corrected chi connectivity index (χ4v) is 2.80. The molecule has 5 N–H and O–H groups in total. The van der Waals surface area contributed by atoms with Crippen LogP contribution in [0.1, 0.15) is 32.6 Å². The summed E-state index contributed by atoms with van der Waals surface area (Å²) in [6.45, 7) is 1.77. The van der Waals surface area contributed by atoms with Crippen molar-refractivity contribution >= 4 is 23.4 Å². The van der Waals surface area contributed by atoms with Crippen LogP contribution in [0.5, 0.6) is 0 Å². The van der Waals surface area contributed by atoms with E-state index in [0.717, 1.165) is 18.6 Å². The smallest absolute Gasteiger partial charge is 0.141 e. The largest absolute Gasteiger partial charge is 0.394 e. The summed E-state index contributed by atoms with van der Waals surface area (Å²) >= 11 is 5.85. The molecule has 20 heavy (non-hydrogen) atoms. The Bertz CT molecular complexity index is 198. The van der Waals surface area contributed by atoms with Gasteiger partial charge in [-0.1, -0.05) is 0 Å².